The summed E-state index contributed by atoms with van der Waals surface area (Å²) in [7, 11) is 0.713. The minimum absolute atomic E-state index is 0.0560. The number of Topliss-reactive ketones (excluding diaryl/α,β-unsaturated/α-hetero) is 1. The Hall–Kier alpha value is -1.24. The van der Waals surface area contributed by atoms with Gasteiger partial charge in [-0.15, -0.1) is 0 Å². The fraction of sp³-hybridized carbons (Fsp3) is 0.611. The standard InChI is InChI=1S/C18H28N2O3S/c1-13(2)16-11-20(24(5,22)23)12-17(16)18(21)15-8-6-7-14(9-15)10-19(3)4/h6-9,13,16-17H,10-12H2,1-5H3. The Morgan fingerprint density at radius 2 is 1.96 bits per heavy atom. The second-order valence-electron chi connectivity index (χ2n) is 7.40. The van der Waals surface area contributed by atoms with Crippen LogP contribution in [0.15, 0.2) is 24.3 Å². The molecule has 1 fully saturated rings. The van der Waals surface area contributed by atoms with E-state index >= 15 is 0 Å². The highest BCUT2D eigenvalue weighted by molar-refractivity contribution is 7.88. The summed E-state index contributed by atoms with van der Waals surface area (Å²) in [5.74, 6) is 0.107. The Labute approximate surface area is 145 Å². The van der Waals surface area contributed by atoms with E-state index in [-0.39, 0.29) is 23.5 Å². The van der Waals surface area contributed by atoms with Gasteiger partial charge in [-0.3, -0.25) is 4.79 Å². The quantitative estimate of drug-likeness (QED) is 0.736. The molecule has 1 saturated heterocycles. The largest absolute Gasteiger partial charge is 0.305 e. The number of hydrogen-bond donors (Lipinski definition) is 0. The summed E-state index contributed by atoms with van der Waals surface area (Å²) in [5.41, 5.74) is 1.77. The highest BCUT2D eigenvalue weighted by Crippen LogP contribution is 2.33. The van der Waals surface area contributed by atoms with Gasteiger partial charge in [0.25, 0.3) is 0 Å². The van der Waals surface area contributed by atoms with Crippen LogP contribution < -0.4 is 0 Å². The van der Waals surface area contributed by atoms with Crippen molar-refractivity contribution >= 4 is 15.8 Å². The van der Waals surface area contributed by atoms with Gasteiger partial charge in [0.2, 0.25) is 10.0 Å². The lowest BCUT2D eigenvalue weighted by Gasteiger charge is -2.21. The van der Waals surface area contributed by atoms with Gasteiger partial charge in [0.05, 0.1) is 6.26 Å². The van der Waals surface area contributed by atoms with Crippen LogP contribution in [0.25, 0.3) is 0 Å². The van der Waals surface area contributed by atoms with Crippen LogP contribution in [0, 0.1) is 17.8 Å². The first-order valence-electron chi connectivity index (χ1n) is 8.32. The first kappa shape index (κ1) is 19.1. The van der Waals surface area contributed by atoms with Crippen LogP contribution in [0.5, 0.6) is 0 Å². The third kappa shape index (κ3) is 4.43. The Morgan fingerprint density at radius 3 is 2.50 bits per heavy atom. The lowest BCUT2D eigenvalue weighted by molar-refractivity contribution is 0.0883. The molecule has 0 N–H and O–H groups in total. The monoisotopic (exact) mass is 352 g/mol. The molecule has 2 unspecified atom stereocenters. The summed E-state index contributed by atoms with van der Waals surface area (Å²) in [4.78, 5) is 15.1. The van der Waals surface area contributed by atoms with Crippen molar-refractivity contribution in [3.63, 3.8) is 0 Å². The number of nitrogens with zero attached hydrogens (tertiary/aromatic N) is 2. The minimum Gasteiger partial charge on any atom is -0.305 e. The van der Waals surface area contributed by atoms with Crippen LogP contribution in [0.1, 0.15) is 29.8 Å². The molecule has 0 radical (unpaired) electrons. The van der Waals surface area contributed by atoms with Gasteiger partial charge >= 0.3 is 0 Å². The van der Waals surface area contributed by atoms with Crippen molar-refractivity contribution in [1.82, 2.24) is 9.21 Å². The third-order valence-corrected chi connectivity index (χ3v) is 5.94. The molecule has 1 aromatic rings. The van der Waals surface area contributed by atoms with E-state index in [1.807, 2.05) is 38.4 Å². The first-order valence-corrected chi connectivity index (χ1v) is 10.2. The van der Waals surface area contributed by atoms with Crippen LogP contribution >= 0.6 is 0 Å². The Bertz CT molecular complexity index is 698. The lowest BCUT2D eigenvalue weighted by Crippen LogP contribution is -2.29. The molecule has 1 aromatic carbocycles. The molecule has 2 atom stereocenters. The van der Waals surface area contributed by atoms with Crippen molar-refractivity contribution in [2.45, 2.75) is 20.4 Å². The number of benzene rings is 1. The normalized spacial score (nSPS) is 22.5. The molecule has 0 amide bonds. The van der Waals surface area contributed by atoms with Gasteiger partial charge in [-0.05, 0) is 37.6 Å². The van der Waals surface area contributed by atoms with Gasteiger partial charge in [-0.1, -0.05) is 32.0 Å². The topological polar surface area (TPSA) is 57.7 Å². The van der Waals surface area contributed by atoms with Crippen molar-refractivity contribution in [3.8, 4) is 0 Å². The summed E-state index contributed by atoms with van der Waals surface area (Å²) in [5, 5.41) is 0. The number of ketones is 1. The molecule has 1 aliphatic heterocycles. The number of hydrogen-bond acceptors (Lipinski definition) is 4. The van der Waals surface area contributed by atoms with Crippen molar-refractivity contribution in [2.24, 2.45) is 17.8 Å². The van der Waals surface area contributed by atoms with Crippen molar-refractivity contribution in [1.29, 1.82) is 0 Å². The molecule has 1 aliphatic rings. The van der Waals surface area contributed by atoms with Crippen molar-refractivity contribution in [2.75, 3.05) is 33.4 Å². The van der Waals surface area contributed by atoms with E-state index in [4.69, 9.17) is 0 Å². The minimum atomic E-state index is -3.27. The molecule has 2 rings (SSSR count). The molecule has 0 spiro atoms. The van der Waals surface area contributed by atoms with Gasteiger partial charge in [-0.2, -0.15) is 0 Å². The maximum atomic E-state index is 13.0. The maximum absolute atomic E-state index is 13.0. The second-order valence-corrected chi connectivity index (χ2v) is 9.38. The van der Waals surface area contributed by atoms with Crippen LogP contribution in [-0.2, 0) is 16.6 Å². The Balaban J connectivity index is 2.27. The van der Waals surface area contributed by atoms with Gasteiger partial charge < -0.3 is 4.90 Å². The molecular formula is C18H28N2O3S. The number of sulfonamides is 1. The van der Waals surface area contributed by atoms with Gasteiger partial charge in [0.15, 0.2) is 5.78 Å². The highest BCUT2D eigenvalue weighted by Gasteiger charge is 2.42. The summed E-state index contributed by atoms with van der Waals surface area (Å²) in [6.45, 7) is 5.61. The zero-order chi connectivity index (χ0) is 18.1. The van der Waals surface area contributed by atoms with Crippen LogP contribution in [-0.4, -0.2) is 56.8 Å². The molecule has 0 aromatic heterocycles. The van der Waals surface area contributed by atoms with Gasteiger partial charge in [-0.25, -0.2) is 12.7 Å². The van der Waals surface area contributed by atoms with E-state index in [0.717, 1.165) is 12.1 Å². The molecule has 134 valence electrons. The molecule has 0 saturated carbocycles. The average molecular weight is 353 g/mol. The summed E-state index contributed by atoms with van der Waals surface area (Å²) in [6.07, 6.45) is 1.22. The van der Waals surface area contributed by atoms with Crippen LogP contribution in [0.3, 0.4) is 0 Å². The maximum Gasteiger partial charge on any atom is 0.211 e. The summed E-state index contributed by atoms with van der Waals surface area (Å²) in [6, 6.07) is 7.68. The van der Waals surface area contributed by atoms with Crippen LogP contribution in [0.2, 0.25) is 0 Å². The highest BCUT2D eigenvalue weighted by atomic mass is 32.2. The second kappa shape index (κ2) is 7.33. The van der Waals surface area contributed by atoms with Crippen LogP contribution in [0.4, 0.5) is 0 Å². The van der Waals surface area contributed by atoms with E-state index in [1.54, 1.807) is 0 Å². The van der Waals surface area contributed by atoms with E-state index in [1.165, 1.54) is 10.6 Å². The first-order chi connectivity index (χ1) is 11.1. The van der Waals surface area contributed by atoms with E-state index in [0.29, 0.717) is 18.7 Å². The zero-order valence-corrected chi connectivity index (χ0v) is 16.0. The van der Waals surface area contributed by atoms with Gasteiger partial charge in [0, 0.05) is 31.1 Å². The molecular weight excluding hydrogens is 324 g/mol. The third-order valence-electron chi connectivity index (χ3n) is 4.70. The van der Waals surface area contributed by atoms with Gasteiger partial charge in [0.1, 0.15) is 0 Å². The average Bonchev–Trinajstić information content (AvgIpc) is 2.91. The zero-order valence-electron chi connectivity index (χ0n) is 15.2. The fourth-order valence-corrected chi connectivity index (χ4v) is 4.29. The SMILES string of the molecule is CC(C)C1CN(S(C)(=O)=O)CC1C(=O)c1cccc(CN(C)C)c1. The smallest absolute Gasteiger partial charge is 0.211 e. The van der Waals surface area contributed by atoms with E-state index in [9.17, 15) is 13.2 Å². The van der Waals surface area contributed by atoms with Crippen molar-refractivity contribution in [3.05, 3.63) is 35.4 Å². The number of carbonyl (C=O) groups is 1. The molecule has 6 heteroatoms. The predicted molar refractivity (Wildman–Crippen MR) is 96.4 cm³/mol. The Kier molecular flexibility index (Phi) is 5.83. The lowest BCUT2D eigenvalue weighted by atomic mass is 9.81. The number of carbonyl (C=O) groups excluding carboxylic acids is 1. The number of rotatable bonds is 6. The summed E-state index contributed by atoms with van der Waals surface area (Å²) < 4.78 is 25.2. The Morgan fingerprint density at radius 1 is 1.29 bits per heavy atom. The van der Waals surface area contributed by atoms with Crippen molar-refractivity contribution < 1.29 is 13.2 Å². The predicted octanol–water partition coefficient (Wildman–Crippen LogP) is 2.09. The fourth-order valence-electron chi connectivity index (χ4n) is 3.42. The molecule has 5 nitrogen and oxygen atoms in total. The molecule has 1 heterocycles. The molecule has 24 heavy (non-hydrogen) atoms. The summed E-state index contributed by atoms with van der Waals surface area (Å²) >= 11 is 0. The molecule has 0 bridgehead atoms. The van der Waals surface area contributed by atoms with E-state index in [2.05, 4.69) is 18.7 Å². The van der Waals surface area contributed by atoms with E-state index < -0.39 is 10.0 Å². The molecule has 0 aliphatic carbocycles.